The van der Waals surface area contributed by atoms with Crippen LogP contribution in [0.1, 0.15) is 23.6 Å². The number of aliphatic hydroxyl groups is 1. The number of piperidine rings is 1. The highest BCUT2D eigenvalue weighted by atomic mass is 19.4. The maximum atomic E-state index is 13.2. The first-order valence-corrected chi connectivity index (χ1v) is 8.36. The number of aliphatic hydroxyl groups excluding tert-OH is 1. The molecular weight excluding hydrogens is 329 g/mol. The highest BCUT2D eigenvalue weighted by Crippen LogP contribution is 2.38. The molecule has 25 heavy (non-hydrogen) atoms. The molecular formula is C19H19F3N2O. The number of nitrogens with zero attached hydrogens (tertiary/aromatic N) is 1. The van der Waals surface area contributed by atoms with E-state index in [0.29, 0.717) is 11.9 Å². The summed E-state index contributed by atoms with van der Waals surface area (Å²) in [6.07, 6.45) is -4.22. The van der Waals surface area contributed by atoms with E-state index in [2.05, 4.69) is 5.32 Å². The highest BCUT2D eigenvalue weighted by Gasteiger charge is 2.32. The van der Waals surface area contributed by atoms with Gasteiger partial charge >= 0.3 is 6.18 Å². The molecule has 3 nitrogen and oxygen atoms in total. The Bertz CT molecular complexity index is 945. The van der Waals surface area contributed by atoms with E-state index in [-0.39, 0.29) is 6.04 Å². The molecule has 0 spiro atoms. The Morgan fingerprint density at radius 2 is 1.76 bits per heavy atom. The Labute approximate surface area is 143 Å². The van der Waals surface area contributed by atoms with Crippen molar-refractivity contribution >= 4 is 21.8 Å². The number of fused-ring (bicyclic) bond motifs is 3. The Kier molecular flexibility index (Phi) is 3.77. The van der Waals surface area contributed by atoms with Crippen molar-refractivity contribution in [2.24, 2.45) is 0 Å². The number of aromatic nitrogens is 1. The highest BCUT2D eigenvalue weighted by molar-refractivity contribution is 6.08. The molecule has 0 aliphatic carbocycles. The molecule has 132 valence electrons. The van der Waals surface area contributed by atoms with Crippen LogP contribution in [-0.4, -0.2) is 28.9 Å². The SMILES string of the molecule is Cc1ccc2c(c1)c1cc(C(F)(F)F)ccc1n2[C@H]1CCNC[C@@H]1O. The summed E-state index contributed by atoms with van der Waals surface area (Å²) in [6.45, 7) is 3.18. The lowest BCUT2D eigenvalue weighted by Crippen LogP contribution is -2.41. The second-order valence-electron chi connectivity index (χ2n) is 6.75. The first-order valence-electron chi connectivity index (χ1n) is 8.36. The van der Waals surface area contributed by atoms with E-state index in [4.69, 9.17) is 0 Å². The molecule has 1 aliphatic heterocycles. The predicted molar refractivity (Wildman–Crippen MR) is 91.7 cm³/mol. The number of halogens is 3. The fourth-order valence-corrected chi connectivity index (χ4v) is 3.83. The molecule has 2 aromatic carbocycles. The fraction of sp³-hybridized carbons (Fsp3) is 0.368. The number of alkyl halides is 3. The van der Waals surface area contributed by atoms with E-state index in [1.165, 1.54) is 12.1 Å². The van der Waals surface area contributed by atoms with Gasteiger partial charge in [-0.3, -0.25) is 0 Å². The van der Waals surface area contributed by atoms with Crippen molar-refractivity contribution in [1.29, 1.82) is 0 Å². The van der Waals surface area contributed by atoms with Crippen LogP contribution >= 0.6 is 0 Å². The molecule has 1 aromatic heterocycles. The molecule has 2 atom stereocenters. The Morgan fingerprint density at radius 3 is 2.44 bits per heavy atom. The summed E-state index contributed by atoms with van der Waals surface area (Å²) in [5.41, 5.74) is 1.95. The Balaban J connectivity index is 2.03. The minimum atomic E-state index is -4.37. The number of β-amino-alcohol motifs (C(OH)–C–C–N with tert-alkyl or cyclic N) is 1. The predicted octanol–water partition coefficient (Wildman–Crippen LogP) is 4.02. The second kappa shape index (κ2) is 5.75. The normalized spacial score (nSPS) is 22.0. The number of hydrogen-bond donors (Lipinski definition) is 2. The van der Waals surface area contributed by atoms with Crippen LogP contribution in [0.3, 0.4) is 0 Å². The smallest absolute Gasteiger partial charge is 0.390 e. The lowest BCUT2D eigenvalue weighted by molar-refractivity contribution is -0.137. The van der Waals surface area contributed by atoms with Crippen molar-refractivity contribution in [2.45, 2.75) is 31.7 Å². The van der Waals surface area contributed by atoms with Crippen LogP contribution in [0.4, 0.5) is 13.2 Å². The molecule has 2 N–H and O–H groups in total. The van der Waals surface area contributed by atoms with Crippen molar-refractivity contribution in [3.8, 4) is 0 Å². The quantitative estimate of drug-likeness (QED) is 0.697. The van der Waals surface area contributed by atoms with Gasteiger partial charge in [0.25, 0.3) is 0 Å². The van der Waals surface area contributed by atoms with E-state index < -0.39 is 17.8 Å². The zero-order valence-electron chi connectivity index (χ0n) is 13.8. The van der Waals surface area contributed by atoms with Gasteiger partial charge in [0.2, 0.25) is 0 Å². The zero-order chi connectivity index (χ0) is 17.8. The topological polar surface area (TPSA) is 37.2 Å². The average molecular weight is 348 g/mol. The van der Waals surface area contributed by atoms with E-state index in [0.717, 1.165) is 41.0 Å². The van der Waals surface area contributed by atoms with E-state index in [1.807, 2.05) is 29.7 Å². The van der Waals surface area contributed by atoms with Gasteiger partial charge in [-0.2, -0.15) is 13.2 Å². The summed E-state index contributed by atoms with van der Waals surface area (Å²) in [4.78, 5) is 0. The van der Waals surface area contributed by atoms with Gasteiger partial charge in [0.05, 0.1) is 17.7 Å². The third-order valence-corrected chi connectivity index (χ3v) is 5.03. The van der Waals surface area contributed by atoms with Crippen LogP contribution in [0.2, 0.25) is 0 Å². The monoisotopic (exact) mass is 348 g/mol. The van der Waals surface area contributed by atoms with Crippen molar-refractivity contribution in [2.75, 3.05) is 13.1 Å². The van der Waals surface area contributed by atoms with E-state index in [1.54, 1.807) is 0 Å². The second-order valence-corrected chi connectivity index (χ2v) is 6.75. The maximum absolute atomic E-state index is 13.2. The van der Waals surface area contributed by atoms with Crippen molar-refractivity contribution in [3.05, 3.63) is 47.5 Å². The van der Waals surface area contributed by atoms with Gasteiger partial charge in [-0.1, -0.05) is 11.6 Å². The third kappa shape index (κ3) is 2.69. The van der Waals surface area contributed by atoms with Crippen LogP contribution in [0.15, 0.2) is 36.4 Å². The number of hydrogen-bond acceptors (Lipinski definition) is 2. The van der Waals surface area contributed by atoms with Crippen LogP contribution in [0, 0.1) is 6.92 Å². The van der Waals surface area contributed by atoms with Crippen LogP contribution in [-0.2, 0) is 6.18 Å². The summed E-state index contributed by atoms with van der Waals surface area (Å²) >= 11 is 0. The summed E-state index contributed by atoms with van der Waals surface area (Å²) in [7, 11) is 0. The molecule has 0 saturated carbocycles. The van der Waals surface area contributed by atoms with Crippen LogP contribution in [0.5, 0.6) is 0 Å². The standard InChI is InChI=1S/C19H19F3N2O/c1-11-2-4-15-13(8-11)14-9-12(19(20,21)22)3-5-16(14)24(15)17-6-7-23-10-18(17)25/h2-5,8-9,17-18,23,25H,6-7,10H2,1H3/t17-,18-/m0/s1. The van der Waals surface area contributed by atoms with E-state index in [9.17, 15) is 18.3 Å². The molecule has 1 saturated heterocycles. The lowest BCUT2D eigenvalue weighted by Gasteiger charge is -2.31. The molecule has 2 heterocycles. The molecule has 0 radical (unpaired) electrons. The molecule has 0 unspecified atom stereocenters. The van der Waals surface area contributed by atoms with Crippen molar-refractivity contribution in [1.82, 2.24) is 9.88 Å². The largest absolute Gasteiger partial charge is 0.416 e. The Hall–Kier alpha value is -2.05. The molecule has 0 amide bonds. The number of rotatable bonds is 1. The summed E-state index contributed by atoms with van der Waals surface area (Å²) in [5, 5.41) is 15.0. The van der Waals surface area contributed by atoms with Crippen LogP contribution < -0.4 is 5.32 Å². The molecule has 1 aliphatic rings. The molecule has 4 rings (SSSR count). The van der Waals surface area contributed by atoms with E-state index >= 15 is 0 Å². The Morgan fingerprint density at radius 1 is 1.08 bits per heavy atom. The minimum absolute atomic E-state index is 0.152. The van der Waals surface area contributed by atoms with Gasteiger partial charge in [0.1, 0.15) is 0 Å². The summed E-state index contributed by atoms with van der Waals surface area (Å²) in [6, 6.07) is 9.53. The fourth-order valence-electron chi connectivity index (χ4n) is 3.83. The molecule has 3 aromatic rings. The summed E-state index contributed by atoms with van der Waals surface area (Å²) < 4.78 is 41.5. The van der Waals surface area contributed by atoms with Crippen molar-refractivity contribution < 1.29 is 18.3 Å². The van der Waals surface area contributed by atoms with Gasteiger partial charge in [0, 0.05) is 28.4 Å². The minimum Gasteiger partial charge on any atom is -0.390 e. The molecule has 6 heteroatoms. The van der Waals surface area contributed by atoms with Gasteiger partial charge in [-0.15, -0.1) is 0 Å². The maximum Gasteiger partial charge on any atom is 0.416 e. The van der Waals surface area contributed by atoms with Gasteiger partial charge in [0.15, 0.2) is 0 Å². The number of nitrogens with one attached hydrogen (secondary N) is 1. The average Bonchev–Trinajstić information content (AvgIpc) is 2.87. The van der Waals surface area contributed by atoms with Gasteiger partial charge < -0.3 is 15.0 Å². The molecule has 0 bridgehead atoms. The summed E-state index contributed by atoms with van der Waals surface area (Å²) in [5.74, 6) is 0. The van der Waals surface area contributed by atoms with Crippen LogP contribution in [0.25, 0.3) is 21.8 Å². The number of aryl methyl sites for hydroxylation is 1. The first-order chi connectivity index (χ1) is 11.9. The van der Waals surface area contributed by atoms with Gasteiger partial charge in [-0.25, -0.2) is 0 Å². The molecule has 1 fully saturated rings. The zero-order valence-corrected chi connectivity index (χ0v) is 13.8. The number of benzene rings is 2. The third-order valence-electron chi connectivity index (χ3n) is 5.03. The lowest BCUT2D eigenvalue weighted by atomic mass is 10.0. The van der Waals surface area contributed by atoms with Gasteiger partial charge in [-0.05, 0) is 50.2 Å². The first kappa shape index (κ1) is 16.4. The van der Waals surface area contributed by atoms with Crippen molar-refractivity contribution in [3.63, 3.8) is 0 Å².